The molecule has 1 saturated carbocycles. The van der Waals surface area contributed by atoms with Gasteiger partial charge in [-0.05, 0) is 32.6 Å². The fourth-order valence-corrected chi connectivity index (χ4v) is 4.93. The predicted octanol–water partition coefficient (Wildman–Crippen LogP) is 0.968. The Hall–Kier alpha value is -2.56. The standard InChI is InChI=1S/C18H24N6O4S/c1-11(24-15(27)18(21-17(24)28)6-2-3-7-18)14(26)23-8-4-12(5-9-23)13(25)20-16-22-19-10-29-16/h10-12H,2-9H2,1H3,(H,21,28)(H,20,22,25). The van der Waals surface area contributed by atoms with Gasteiger partial charge >= 0.3 is 6.03 Å². The van der Waals surface area contributed by atoms with E-state index in [2.05, 4.69) is 20.8 Å². The van der Waals surface area contributed by atoms with Crippen LogP contribution in [-0.4, -0.2) is 68.4 Å². The fraction of sp³-hybridized carbons (Fsp3) is 0.667. The Morgan fingerprint density at radius 1 is 1.28 bits per heavy atom. The van der Waals surface area contributed by atoms with Gasteiger partial charge in [0.2, 0.25) is 16.9 Å². The predicted molar refractivity (Wildman–Crippen MR) is 104 cm³/mol. The number of urea groups is 1. The molecule has 1 aliphatic carbocycles. The van der Waals surface area contributed by atoms with E-state index in [1.54, 1.807) is 17.3 Å². The average molecular weight is 420 g/mol. The minimum atomic E-state index is -0.853. The van der Waals surface area contributed by atoms with Gasteiger partial charge in [0.25, 0.3) is 5.91 Å². The van der Waals surface area contributed by atoms with E-state index in [0.717, 1.165) is 17.7 Å². The van der Waals surface area contributed by atoms with Crippen LogP contribution in [0.5, 0.6) is 0 Å². The summed E-state index contributed by atoms with van der Waals surface area (Å²) in [4.78, 5) is 53.3. The highest BCUT2D eigenvalue weighted by atomic mass is 32.1. The monoisotopic (exact) mass is 420 g/mol. The van der Waals surface area contributed by atoms with Gasteiger partial charge in [-0.25, -0.2) is 9.69 Å². The second-order valence-corrected chi connectivity index (χ2v) is 8.74. The summed E-state index contributed by atoms with van der Waals surface area (Å²) >= 11 is 1.25. The number of imide groups is 1. The van der Waals surface area contributed by atoms with Crippen molar-refractivity contribution in [1.82, 2.24) is 25.3 Å². The highest BCUT2D eigenvalue weighted by Crippen LogP contribution is 2.36. The molecule has 3 heterocycles. The molecule has 11 heteroatoms. The molecule has 10 nitrogen and oxygen atoms in total. The van der Waals surface area contributed by atoms with Gasteiger partial charge in [-0.1, -0.05) is 24.2 Å². The van der Waals surface area contributed by atoms with E-state index < -0.39 is 17.6 Å². The molecular weight excluding hydrogens is 396 g/mol. The molecule has 1 aromatic rings. The van der Waals surface area contributed by atoms with Gasteiger partial charge in [0.15, 0.2) is 0 Å². The maximum Gasteiger partial charge on any atom is 0.325 e. The summed E-state index contributed by atoms with van der Waals surface area (Å²) in [5.74, 6) is -0.880. The molecule has 3 fully saturated rings. The lowest BCUT2D eigenvalue weighted by molar-refractivity contribution is -0.144. The average Bonchev–Trinajstić information content (AvgIpc) is 3.44. The number of likely N-dealkylation sites (tertiary alicyclic amines) is 1. The Labute approximate surface area is 172 Å². The first kappa shape index (κ1) is 19.7. The van der Waals surface area contributed by atoms with Gasteiger partial charge in [-0.2, -0.15) is 0 Å². The summed E-state index contributed by atoms with van der Waals surface area (Å²) in [6, 6.07) is -1.33. The van der Waals surface area contributed by atoms with E-state index in [1.807, 2.05) is 0 Å². The van der Waals surface area contributed by atoms with Crippen molar-refractivity contribution in [2.45, 2.75) is 57.0 Å². The molecular formula is C18H24N6O4S. The van der Waals surface area contributed by atoms with Crippen LogP contribution < -0.4 is 10.6 Å². The lowest BCUT2D eigenvalue weighted by Gasteiger charge is -2.34. The first-order valence-corrected chi connectivity index (χ1v) is 10.8. The third-order valence-corrected chi connectivity index (χ3v) is 6.77. The number of aromatic nitrogens is 2. The van der Waals surface area contributed by atoms with Crippen molar-refractivity contribution in [3.63, 3.8) is 0 Å². The number of hydrogen-bond donors (Lipinski definition) is 2. The van der Waals surface area contributed by atoms with Crippen LogP contribution in [0.2, 0.25) is 0 Å². The second kappa shape index (κ2) is 7.69. The molecule has 5 amide bonds. The molecule has 1 aromatic heterocycles. The molecule has 3 aliphatic rings. The zero-order valence-corrected chi connectivity index (χ0v) is 17.0. The second-order valence-electron chi connectivity index (χ2n) is 7.90. The topological polar surface area (TPSA) is 125 Å². The molecule has 0 bridgehead atoms. The highest BCUT2D eigenvalue weighted by Gasteiger charge is 2.54. The molecule has 156 valence electrons. The number of nitrogens with one attached hydrogen (secondary N) is 2. The quantitative estimate of drug-likeness (QED) is 0.700. The summed E-state index contributed by atoms with van der Waals surface area (Å²) < 4.78 is 0. The van der Waals surface area contributed by atoms with E-state index in [1.165, 1.54) is 11.3 Å². The number of hydrogen-bond acceptors (Lipinski definition) is 7. The summed E-state index contributed by atoms with van der Waals surface area (Å²) in [5.41, 5.74) is 0.727. The Kier molecular flexibility index (Phi) is 5.24. The number of rotatable bonds is 4. The van der Waals surface area contributed by atoms with Crippen molar-refractivity contribution in [3.8, 4) is 0 Å². The summed E-state index contributed by atoms with van der Waals surface area (Å²) in [6.45, 7) is 2.42. The van der Waals surface area contributed by atoms with Crippen molar-refractivity contribution in [1.29, 1.82) is 0 Å². The molecule has 4 rings (SSSR count). The van der Waals surface area contributed by atoms with E-state index in [4.69, 9.17) is 0 Å². The van der Waals surface area contributed by atoms with Crippen LogP contribution >= 0.6 is 11.3 Å². The van der Waals surface area contributed by atoms with Gasteiger partial charge in [0.1, 0.15) is 17.1 Å². The van der Waals surface area contributed by atoms with Crippen molar-refractivity contribution in [2.24, 2.45) is 5.92 Å². The Morgan fingerprint density at radius 3 is 2.59 bits per heavy atom. The number of carbonyl (C=O) groups excluding carboxylic acids is 4. The van der Waals surface area contributed by atoms with Crippen molar-refractivity contribution < 1.29 is 19.2 Å². The van der Waals surface area contributed by atoms with Gasteiger partial charge < -0.3 is 15.5 Å². The molecule has 2 saturated heterocycles. The minimum absolute atomic E-state index is 0.126. The molecule has 1 unspecified atom stereocenters. The van der Waals surface area contributed by atoms with Crippen LogP contribution in [0.1, 0.15) is 45.4 Å². The van der Waals surface area contributed by atoms with Crippen molar-refractivity contribution >= 4 is 40.2 Å². The minimum Gasteiger partial charge on any atom is -0.341 e. The number of amides is 5. The van der Waals surface area contributed by atoms with E-state index in [9.17, 15) is 19.2 Å². The van der Waals surface area contributed by atoms with Crippen molar-refractivity contribution in [2.75, 3.05) is 18.4 Å². The number of anilines is 1. The molecule has 2 aliphatic heterocycles. The third kappa shape index (κ3) is 3.59. The van der Waals surface area contributed by atoms with Crippen LogP contribution in [0.3, 0.4) is 0 Å². The van der Waals surface area contributed by atoms with Crippen molar-refractivity contribution in [3.05, 3.63) is 5.51 Å². The molecule has 1 spiro atoms. The first-order valence-electron chi connectivity index (χ1n) is 9.93. The van der Waals surface area contributed by atoms with Crippen LogP contribution in [0.25, 0.3) is 0 Å². The maximum absolute atomic E-state index is 12.9. The Bertz CT molecular complexity index is 814. The third-order valence-electron chi connectivity index (χ3n) is 6.16. The molecule has 1 atom stereocenters. The van der Waals surface area contributed by atoms with Gasteiger partial charge in [0, 0.05) is 19.0 Å². The Morgan fingerprint density at radius 2 is 1.97 bits per heavy atom. The normalized spacial score (nSPS) is 22.8. The van der Waals surface area contributed by atoms with Crippen LogP contribution in [0, 0.1) is 5.92 Å². The van der Waals surface area contributed by atoms with E-state index in [0.29, 0.717) is 43.9 Å². The zero-order chi connectivity index (χ0) is 20.6. The van der Waals surface area contributed by atoms with Gasteiger partial charge in [-0.15, -0.1) is 10.2 Å². The summed E-state index contributed by atoms with van der Waals surface area (Å²) in [5, 5.41) is 13.5. The van der Waals surface area contributed by atoms with Crippen LogP contribution in [0.4, 0.5) is 9.93 Å². The van der Waals surface area contributed by atoms with Crippen LogP contribution in [0.15, 0.2) is 5.51 Å². The lowest BCUT2D eigenvalue weighted by atomic mass is 9.95. The van der Waals surface area contributed by atoms with Gasteiger partial charge in [-0.3, -0.25) is 14.4 Å². The molecule has 29 heavy (non-hydrogen) atoms. The first-order chi connectivity index (χ1) is 13.9. The number of carbonyl (C=O) groups is 4. The lowest BCUT2D eigenvalue weighted by Crippen LogP contribution is -2.53. The van der Waals surface area contributed by atoms with E-state index in [-0.39, 0.29) is 23.6 Å². The van der Waals surface area contributed by atoms with Gasteiger partial charge in [0.05, 0.1) is 0 Å². The zero-order valence-electron chi connectivity index (χ0n) is 16.2. The summed E-state index contributed by atoms with van der Waals surface area (Å²) in [7, 11) is 0. The fourth-order valence-electron chi connectivity index (χ4n) is 4.48. The summed E-state index contributed by atoms with van der Waals surface area (Å²) in [6.07, 6.45) is 4.10. The number of piperidine rings is 1. The SMILES string of the molecule is CC(C(=O)N1CCC(C(=O)Nc2nncs2)CC1)N1C(=O)NC2(CCCC2)C1=O. The highest BCUT2D eigenvalue weighted by molar-refractivity contribution is 7.13. The Balaban J connectivity index is 1.34. The molecule has 0 radical (unpaired) electrons. The largest absolute Gasteiger partial charge is 0.341 e. The van der Waals surface area contributed by atoms with Crippen LogP contribution in [-0.2, 0) is 14.4 Å². The molecule has 2 N–H and O–H groups in total. The number of nitrogens with zero attached hydrogens (tertiary/aromatic N) is 4. The molecule has 0 aromatic carbocycles. The smallest absolute Gasteiger partial charge is 0.325 e. The maximum atomic E-state index is 12.9. The van der Waals surface area contributed by atoms with E-state index >= 15 is 0 Å².